The lowest BCUT2D eigenvalue weighted by Gasteiger charge is -2.06. The summed E-state index contributed by atoms with van der Waals surface area (Å²) in [4.78, 5) is 4.24. The van der Waals surface area contributed by atoms with Gasteiger partial charge in [-0.05, 0) is 43.2 Å². The summed E-state index contributed by atoms with van der Waals surface area (Å²) in [5.74, 6) is 0.311. The highest BCUT2D eigenvalue weighted by molar-refractivity contribution is 5.88. The Morgan fingerprint density at radius 3 is 2.85 bits per heavy atom. The summed E-state index contributed by atoms with van der Waals surface area (Å²) in [7, 11) is 0. The molecule has 1 aromatic heterocycles. The van der Waals surface area contributed by atoms with Crippen LogP contribution in [0, 0.1) is 13.8 Å². The molecule has 2 nitrogen and oxygen atoms in total. The number of aryl methyl sites for hydroxylation is 2. The highest BCUT2D eigenvalue weighted by atomic mass is 16.3. The molecule has 0 amide bonds. The van der Waals surface area contributed by atoms with E-state index in [-0.39, 0.29) is 0 Å². The second kappa shape index (κ2) is 2.73. The molecule has 2 aromatic rings. The maximum Gasteiger partial charge on any atom is 0.125 e. The summed E-state index contributed by atoms with van der Waals surface area (Å²) in [6.45, 7) is 3.99. The standard InChI is InChI=1S/C11H11NO/c1-7-6-10(13)9-4-3-5-12-11(9)8(7)2/h3-6,13H,1-2H3. The van der Waals surface area contributed by atoms with Gasteiger partial charge in [-0.3, -0.25) is 4.98 Å². The third kappa shape index (κ3) is 1.15. The molecule has 0 radical (unpaired) electrons. The number of nitrogens with zero attached hydrogens (tertiary/aromatic N) is 1. The number of aromatic nitrogens is 1. The highest BCUT2D eigenvalue weighted by Gasteiger charge is 2.05. The van der Waals surface area contributed by atoms with Gasteiger partial charge in [0.2, 0.25) is 0 Å². The lowest BCUT2D eigenvalue weighted by molar-refractivity contribution is 0.481. The smallest absolute Gasteiger partial charge is 0.125 e. The Kier molecular flexibility index (Phi) is 1.69. The first-order valence-corrected chi connectivity index (χ1v) is 4.24. The quantitative estimate of drug-likeness (QED) is 0.664. The van der Waals surface area contributed by atoms with Gasteiger partial charge in [0.25, 0.3) is 0 Å². The molecule has 0 saturated carbocycles. The van der Waals surface area contributed by atoms with Gasteiger partial charge in [-0.15, -0.1) is 0 Å². The van der Waals surface area contributed by atoms with E-state index in [0.29, 0.717) is 5.75 Å². The number of benzene rings is 1. The molecule has 2 rings (SSSR count). The molecule has 0 spiro atoms. The number of fused-ring (bicyclic) bond motifs is 1. The lowest BCUT2D eigenvalue weighted by Crippen LogP contribution is -1.87. The molecular weight excluding hydrogens is 162 g/mol. The van der Waals surface area contributed by atoms with E-state index in [1.165, 1.54) is 0 Å². The van der Waals surface area contributed by atoms with Crippen LogP contribution in [0.4, 0.5) is 0 Å². The Labute approximate surface area is 76.9 Å². The van der Waals surface area contributed by atoms with Crippen LogP contribution < -0.4 is 0 Å². The van der Waals surface area contributed by atoms with Gasteiger partial charge >= 0.3 is 0 Å². The maximum absolute atomic E-state index is 9.64. The predicted molar refractivity (Wildman–Crippen MR) is 52.9 cm³/mol. The van der Waals surface area contributed by atoms with Gasteiger partial charge in [-0.2, -0.15) is 0 Å². The summed E-state index contributed by atoms with van der Waals surface area (Å²) < 4.78 is 0. The van der Waals surface area contributed by atoms with Crippen LogP contribution >= 0.6 is 0 Å². The van der Waals surface area contributed by atoms with Crippen molar-refractivity contribution in [2.75, 3.05) is 0 Å². The third-order valence-corrected chi connectivity index (χ3v) is 2.38. The van der Waals surface area contributed by atoms with E-state index >= 15 is 0 Å². The average molecular weight is 173 g/mol. The Morgan fingerprint density at radius 2 is 2.08 bits per heavy atom. The van der Waals surface area contributed by atoms with E-state index < -0.39 is 0 Å². The molecule has 0 aliphatic rings. The van der Waals surface area contributed by atoms with Crippen LogP contribution in [0.25, 0.3) is 10.9 Å². The monoisotopic (exact) mass is 173 g/mol. The van der Waals surface area contributed by atoms with E-state index in [0.717, 1.165) is 22.0 Å². The van der Waals surface area contributed by atoms with Crippen molar-refractivity contribution in [3.05, 3.63) is 35.5 Å². The van der Waals surface area contributed by atoms with Gasteiger partial charge < -0.3 is 5.11 Å². The number of phenolic OH excluding ortho intramolecular Hbond substituents is 1. The zero-order valence-electron chi connectivity index (χ0n) is 7.70. The molecule has 0 aliphatic heterocycles. The van der Waals surface area contributed by atoms with Gasteiger partial charge in [0.1, 0.15) is 5.75 Å². The molecule has 66 valence electrons. The first kappa shape index (κ1) is 8.05. The van der Waals surface area contributed by atoms with Crippen molar-refractivity contribution in [3.8, 4) is 5.75 Å². The average Bonchev–Trinajstić information content (AvgIpc) is 2.15. The Morgan fingerprint density at radius 1 is 1.31 bits per heavy atom. The van der Waals surface area contributed by atoms with Crippen LogP contribution in [-0.4, -0.2) is 10.1 Å². The Hall–Kier alpha value is -1.57. The topological polar surface area (TPSA) is 33.1 Å². The van der Waals surface area contributed by atoms with E-state index in [1.54, 1.807) is 12.3 Å². The van der Waals surface area contributed by atoms with Gasteiger partial charge in [-0.25, -0.2) is 0 Å². The number of pyridine rings is 1. The fourth-order valence-electron chi connectivity index (χ4n) is 1.49. The molecular formula is C11H11NO. The fraction of sp³-hybridized carbons (Fsp3) is 0.182. The predicted octanol–water partition coefficient (Wildman–Crippen LogP) is 2.56. The fourth-order valence-corrected chi connectivity index (χ4v) is 1.49. The van der Waals surface area contributed by atoms with Crippen LogP contribution in [0.5, 0.6) is 5.75 Å². The highest BCUT2D eigenvalue weighted by Crippen LogP contribution is 2.27. The number of hydrogen-bond donors (Lipinski definition) is 1. The van der Waals surface area contributed by atoms with Crippen molar-refractivity contribution in [2.45, 2.75) is 13.8 Å². The number of phenols is 1. The minimum atomic E-state index is 0.311. The summed E-state index contributed by atoms with van der Waals surface area (Å²) in [5.41, 5.74) is 3.09. The first-order chi connectivity index (χ1) is 6.20. The van der Waals surface area contributed by atoms with Crippen molar-refractivity contribution in [2.24, 2.45) is 0 Å². The van der Waals surface area contributed by atoms with Crippen LogP contribution in [-0.2, 0) is 0 Å². The van der Waals surface area contributed by atoms with E-state index in [9.17, 15) is 5.11 Å². The number of aromatic hydroxyl groups is 1. The van der Waals surface area contributed by atoms with Crippen LogP contribution in [0.2, 0.25) is 0 Å². The van der Waals surface area contributed by atoms with Gasteiger partial charge in [0, 0.05) is 11.6 Å². The molecule has 1 aromatic carbocycles. The third-order valence-electron chi connectivity index (χ3n) is 2.38. The summed E-state index contributed by atoms with van der Waals surface area (Å²) >= 11 is 0. The zero-order valence-corrected chi connectivity index (χ0v) is 7.70. The lowest BCUT2D eigenvalue weighted by atomic mass is 10.0. The summed E-state index contributed by atoms with van der Waals surface area (Å²) in [5, 5.41) is 10.5. The normalized spacial score (nSPS) is 10.6. The van der Waals surface area contributed by atoms with Crippen LogP contribution in [0.3, 0.4) is 0 Å². The molecule has 0 unspecified atom stereocenters. The van der Waals surface area contributed by atoms with Crippen molar-refractivity contribution in [1.29, 1.82) is 0 Å². The number of hydrogen-bond acceptors (Lipinski definition) is 2. The number of rotatable bonds is 0. The van der Waals surface area contributed by atoms with Crippen molar-refractivity contribution in [3.63, 3.8) is 0 Å². The molecule has 2 heteroatoms. The molecule has 0 saturated heterocycles. The van der Waals surface area contributed by atoms with Crippen molar-refractivity contribution < 1.29 is 5.11 Å². The molecule has 0 atom stereocenters. The maximum atomic E-state index is 9.64. The molecule has 1 N–H and O–H groups in total. The second-order valence-corrected chi connectivity index (χ2v) is 3.24. The molecule has 0 bridgehead atoms. The molecule has 0 fully saturated rings. The summed E-state index contributed by atoms with van der Waals surface area (Å²) in [6.07, 6.45) is 1.74. The Bertz CT molecular complexity index is 463. The Balaban J connectivity index is 2.97. The van der Waals surface area contributed by atoms with E-state index in [4.69, 9.17) is 0 Å². The van der Waals surface area contributed by atoms with Gasteiger partial charge in [0.15, 0.2) is 0 Å². The first-order valence-electron chi connectivity index (χ1n) is 4.24. The molecule has 13 heavy (non-hydrogen) atoms. The molecule has 1 heterocycles. The summed E-state index contributed by atoms with van der Waals surface area (Å²) in [6, 6.07) is 5.49. The SMILES string of the molecule is Cc1cc(O)c2cccnc2c1C. The van der Waals surface area contributed by atoms with Crippen LogP contribution in [0.1, 0.15) is 11.1 Å². The van der Waals surface area contributed by atoms with Crippen molar-refractivity contribution >= 4 is 10.9 Å². The van der Waals surface area contributed by atoms with Crippen LogP contribution in [0.15, 0.2) is 24.4 Å². The minimum Gasteiger partial charge on any atom is -0.507 e. The van der Waals surface area contributed by atoms with E-state index in [2.05, 4.69) is 4.98 Å². The zero-order chi connectivity index (χ0) is 9.42. The second-order valence-electron chi connectivity index (χ2n) is 3.24. The van der Waals surface area contributed by atoms with E-state index in [1.807, 2.05) is 26.0 Å². The minimum absolute atomic E-state index is 0.311. The molecule has 0 aliphatic carbocycles. The van der Waals surface area contributed by atoms with Gasteiger partial charge in [0.05, 0.1) is 5.52 Å². The van der Waals surface area contributed by atoms with Crippen molar-refractivity contribution in [1.82, 2.24) is 4.98 Å². The van der Waals surface area contributed by atoms with Gasteiger partial charge in [-0.1, -0.05) is 0 Å². The largest absolute Gasteiger partial charge is 0.507 e.